The van der Waals surface area contributed by atoms with E-state index in [1.54, 1.807) is 18.2 Å². The summed E-state index contributed by atoms with van der Waals surface area (Å²) in [6.45, 7) is 2.22. The quantitative estimate of drug-likeness (QED) is 0.285. The molecule has 0 aliphatic heterocycles. The number of aromatic hydroxyl groups is 1. The predicted octanol–water partition coefficient (Wildman–Crippen LogP) is 6.50. The summed E-state index contributed by atoms with van der Waals surface area (Å²) >= 11 is 0. The number of unbranched alkanes of at least 4 members (excludes halogenated alkanes) is 8. The Bertz CT molecular complexity index is 861. The van der Waals surface area contributed by atoms with E-state index in [2.05, 4.69) is 6.92 Å². The smallest absolute Gasteiger partial charge is 0.294 e. The Morgan fingerprint density at radius 3 is 2.07 bits per heavy atom. The lowest BCUT2D eigenvalue weighted by molar-refractivity contribution is 0.408. The van der Waals surface area contributed by atoms with Gasteiger partial charge in [0, 0.05) is 0 Å². The van der Waals surface area contributed by atoms with Crippen LogP contribution in [0.15, 0.2) is 47.4 Å². The van der Waals surface area contributed by atoms with Crippen LogP contribution in [0.3, 0.4) is 0 Å². The van der Waals surface area contributed by atoms with E-state index in [1.165, 1.54) is 62.8 Å². The van der Waals surface area contributed by atoms with Gasteiger partial charge in [-0.15, -0.1) is 0 Å². The molecule has 2 N–H and O–H groups in total. The molecule has 0 spiro atoms. The van der Waals surface area contributed by atoms with Gasteiger partial charge in [-0.2, -0.15) is 8.42 Å². The highest BCUT2D eigenvalue weighted by atomic mass is 32.2. The minimum absolute atomic E-state index is 0.0142. The number of hydrogen-bond acceptors (Lipinski definition) is 4. The van der Waals surface area contributed by atoms with Crippen LogP contribution in [-0.4, -0.2) is 18.1 Å². The second kappa shape index (κ2) is 11.8. The highest BCUT2D eigenvalue weighted by molar-refractivity contribution is 7.85. The third kappa shape index (κ3) is 8.07. The molecule has 2 rings (SSSR count). The van der Waals surface area contributed by atoms with E-state index in [9.17, 15) is 18.1 Å². The van der Waals surface area contributed by atoms with Crippen molar-refractivity contribution >= 4 is 10.1 Å². The summed E-state index contributed by atoms with van der Waals surface area (Å²) in [6, 6.07) is 10.9. The fourth-order valence-corrected chi connectivity index (χ4v) is 3.83. The maximum absolute atomic E-state index is 11.5. The van der Waals surface area contributed by atoms with Gasteiger partial charge < -0.3 is 9.84 Å². The van der Waals surface area contributed by atoms with Gasteiger partial charge in [-0.3, -0.25) is 4.55 Å². The molecule has 0 saturated carbocycles. The molecule has 0 saturated heterocycles. The SMILES string of the molecule is CCCCCCCCCCCc1cc(S(=O)(=O)O)ccc1Oc1ccccc1O. The molecule has 29 heavy (non-hydrogen) atoms. The molecule has 0 aliphatic rings. The summed E-state index contributed by atoms with van der Waals surface area (Å²) in [5.41, 5.74) is 0.700. The van der Waals surface area contributed by atoms with Gasteiger partial charge in [0.1, 0.15) is 5.75 Å². The molecular formula is C23H32O5S. The highest BCUT2D eigenvalue weighted by Gasteiger charge is 2.15. The Hall–Kier alpha value is -2.05. The molecule has 0 aromatic heterocycles. The van der Waals surface area contributed by atoms with E-state index < -0.39 is 10.1 Å². The van der Waals surface area contributed by atoms with Gasteiger partial charge in [-0.05, 0) is 48.7 Å². The van der Waals surface area contributed by atoms with Crippen molar-refractivity contribution in [3.8, 4) is 17.2 Å². The Balaban J connectivity index is 1.97. The van der Waals surface area contributed by atoms with Gasteiger partial charge in [-0.25, -0.2) is 0 Å². The maximum Gasteiger partial charge on any atom is 0.294 e. The molecule has 0 unspecified atom stereocenters. The van der Waals surface area contributed by atoms with Crippen LogP contribution >= 0.6 is 0 Å². The molecule has 0 atom stereocenters. The third-order valence-electron chi connectivity index (χ3n) is 4.96. The lowest BCUT2D eigenvalue weighted by atomic mass is 10.0. The second-order valence-electron chi connectivity index (χ2n) is 7.39. The van der Waals surface area contributed by atoms with Crippen LogP contribution in [0.5, 0.6) is 17.2 Å². The summed E-state index contributed by atoms with van der Waals surface area (Å²) in [5, 5.41) is 9.94. The zero-order chi connectivity index (χ0) is 21.1. The van der Waals surface area contributed by atoms with Crippen LogP contribution in [0.2, 0.25) is 0 Å². The number of aryl methyl sites for hydroxylation is 1. The topological polar surface area (TPSA) is 83.8 Å². The normalized spacial score (nSPS) is 11.5. The van der Waals surface area contributed by atoms with Crippen molar-refractivity contribution < 1.29 is 22.8 Å². The molecule has 0 radical (unpaired) electrons. The van der Waals surface area contributed by atoms with Crippen molar-refractivity contribution in [2.75, 3.05) is 0 Å². The summed E-state index contributed by atoms with van der Waals surface area (Å²) < 4.78 is 38.2. The first-order valence-corrected chi connectivity index (χ1v) is 11.9. The van der Waals surface area contributed by atoms with E-state index in [0.29, 0.717) is 23.5 Å². The fraction of sp³-hybridized carbons (Fsp3) is 0.478. The average Bonchev–Trinajstić information content (AvgIpc) is 2.68. The van der Waals surface area contributed by atoms with E-state index in [1.807, 2.05) is 0 Å². The second-order valence-corrected chi connectivity index (χ2v) is 8.81. The van der Waals surface area contributed by atoms with Crippen molar-refractivity contribution in [1.29, 1.82) is 0 Å². The van der Waals surface area contributed by atoms with Gasteiger partial charge in [0.05, 0.1) is 4.90 Å². The van der Waals surface area contributed by atoms with Crippen molar-refractivity contribution in [3.63, 3.8) is 0 Å². The summed E-state index contributed by atoms with van der Waals surface area (Å²) in [7, 11) is -4.28. The predicted molar refractivity (Wildman–Crippen MR) is 115 cm³/mol. The monoisotopic (exact) mass is 420 g/mol. The minimum atomic E-state index is -4.28. The van der Waals surface area contributed by atoms with Gasteiger partial charge in [0.15, 0.2) is 11.5 Å². The number of para-hydroxylation sites is 2. The Morgan fingerprint density at radius 2 is 1.45 bits per heavy atom. The maximum atomic E-state index is 11.5. The van der Waals surface area contributed by atoms with Crippen LogP contribution in [0.1, 0.15) is 70.3 Å². The molecule has 2 aromatic carbocycles. The lowest BCUT2D eigenvalue weighted by Gasteiger charge is -2.13. The molecular weight excluding hydrogens is 388 g/mol. The average molecular weight is 421 g/mol. The summed E-state index contributed by atoms with van der Waals surface area (Å²) in [6.07, 6.45) is 11.4. The minimum Gasteiger partial charge on any atom is -0.504 e. The number of benzene rings is 2. The zero-order valence-corrected chi connectivity index (χ0v) is 18.0. The third-order valence-corrected chi connectivity index (χ3v) is 5.81. The van der Waals surface area contributed by atoms with E-state index in [-0.39, 0.29) is 10.6 Å². The molecule has 0 amide bonds. The number of phenols is 1. The number of phenolic OH excluding ortho intramolecular Hbond substituents is 1. The van der Waals surface area contributed by atoms with Crippen LogP contribution in [0.4, 0.5) is 0 Å². The molecule has 2 aromatic rings. The number of rotatable bonds is 13. The number of ether oxygens (including phenoxy) is 1. The van der Waals surface area contributed by atoms with Crippen molar-refractivity contribution in [3.05, 3.63) is 48.0 Å². The zero-order valence-electron chi connectivity index (χ0n) is 17.1. The molecule has 160 valence electrons. The first kappa shape index (κ1) is 23.2. The van der Waals surface area contributed by atoms with E-state index >= 15 is 0 Å². The van der Waals surface area contributed by atoms with Crippen molar-refractivity contribution in [1.82, 2.24) is 0 Å². The first-order chi connectivity index (χ1) is 13.9. The van der Waals surface area contributed by atoms with Crippen LogP contribution < -0.4 is 4.74 Å². The van der Waals surface area contributed by atoms with Gasteiger partial charge >= 0.3 is 0 Å². The highest BCUT2D eigenvalue weighted by Crippen LogP contribution is 2.33. The van der Waals surface area contributed by atoms with Crippen LogP contribution in [-0.2, 0) is 16.5 Å². The summed E-state index contributed by atoms with van der Waals surface area (Å²) in [5.74, 6) is 0.805. The Kier molecular flexibility index (Phi) is 9.48. The first-order valence-electron chi connectivity index (χ1n) is 10.5. The van der Waals surface area contributed by atoms with Gasteiger partial charge in [-0.1, -0.05) is 70.4 Å². The fourth-order valence-electron chi connectivity index (χ4n) is 3.30. The van der Waals surface area contributed by atoms with Crippen molar-refractivity contribution in [2.24, 2.45) is 0 Å². The molecule has 6 heteroatoms. The largest absolute Gasteiger partial charge is 0.504 e. The molecule has 5 nitrogen and oxygen atoms in total. The van der Waals surface area contributed by atoms with Gasteiger partial charge in [0.25, 0.3) is 10.1 Å². The van der Waals surface area contributed by atoms with Gasteiger partial charge in [0.2, 0.25) is 0 Å². The summed E-state index contributed by atoms with van der Waals surface area (Å²) in [4.78, 5) is -0.145. The molecule has 0 bridgehead atoms. The van der Waals surface area contributed by atoms with E-state index in [4.69, 9.17) is 4.74 Å². The Labute approximate surface area is 174 Å². The van der Waals surface area contributed by atoms with Crippen LogP contribution in [0, 0.1) is 0 Å². The standard InChI is InChI=1S/C23H32O5S/c1-2-3-4-5-6-7-8-9-10-13-19-18-20(29(25,26)27)16-17-22(19)28-23-15-12-11-14-21(23)24/h11-12,14-18,24H,2-10,13H2,1H3,(H,25,26,27). The Morgan fingerprint density at radius 1 is 0.828 bits per heavy atom. The number of hydrogen-bond donors (Lipinski definition) is 2. The lowest BCUT2D eigenvalue weighted by Crippen LogP contribution is -2.01. The van der Waals surface area contributed by atoms with Crippen LogP contribution in [0.25, 0.3) is 0 Å². The molecule has 0 fully saturated rings. The van der Waals surface area contributed by atoms with E-state index in [0.717, 1.165) is 19.3 Å². The molecule has 0 heterocycles. The van der Waals surface area contributed by atoms with Crippen molar-refractivity contribution in [2.45, 2.75) is 76.0 Å². The molecule has 0 aliphatic carbocycles.